The third kappa shape index (κ3) is 2.89. The highest BCUT2D eigenvalue weighted by Gasteiger charge is 2.13. The Kier molecular flexibility index (Phi) is 3.76. The molecule has 2 N–H and O–H groups in total. The van der Waals surface area contributed by atoms with Crippen molar-refractivity contribution in [2.24, 2.45) is 0 Å². The zero-order valence-corrected chi connectivity index (χ0v) is 12.4. The average Bonchev–Trinajstić information content (AvgIpc) is 2.94. The number of rotatable bonds is 4. The lowest BCUT2D eigenvalue weighted by Gasteiger charge is -2.07. The molecule has 3 rings (SSSR count). The number of hydrogen-bond acceptors (Lipinski definition) is 4. The van der Waals surface area contributed by atoms with Gasteiger partial charge in [0.1, 0.15) is 5.82 Å². The number of carbonyl (C=O) groups excluding carboxylic acids is 1. The van der Waals surface area contributed by atoms with E-state index in [2.05, 4.69) is 15.5 Å². The van der Waals surface area contributed by atoms with E-state index in [0.29, 0.717) is 23.6 Å². The Morgan fingerprint density at radius 1 is 1.17 bits per heavy atom. The minimum atomic E-state index is -0.977. The van der Waals surface area contributed by atoms with Gasteiger partial charge in [-0.1, -0.05) is 12.1 Å². The Balaban J connectivity index is 1.75. The topological polar surface area (TPSA) is 96.6 Å². The van der Waals surface area contributed by atoms with Gasteiger partial charge in [0.05, 0.1) is 11.1 Å². The first-order valence-corrected chi connectivity index (χ1v) is 6.97. The van der Waals surface area contributed by atoms with Crippen LogP contribution in [0.2, 0.25) is 0 Å². The number of fused-ring (bicyclic) bond motifs is 1. The number of pyridine rings is 1. The van der Waals surface area contributed by atoms with Gasteiger partial charge < -0.3 is 10.4 Å². The molecule has 0 spiro atoms. The summed E-state index contributed by atoms with van der Waals surface area (Å²) < 4.78 is 1.75. The first kappa shape index (κ1) is 14.7. The molecule has 0 atom stereocenters. The lowest BCUT2D eigenvalue weighted by atomic mass is 10.1. The van der Waals surface area contributed by atoms with Crippen molar-refractivity contribution in [3.05, 3.63) is 65.1 Å². The summed E-state index contributed by atoms with van der Waals surface area (Å²) in [6, 6.07) is 9.81. The van der Waals surface area contributed by atoms with Crippen molar-refractivity contribution in [1.82, 2.24) is 19.9 Å². The van der Waals surface area contributed by atoms with E-state index in [1.807, 2.05) is 6.92 Å². The Bertz CT molecular complexity index is 884. The van der Waals surface area contributed by atoms with E-state index in [1.54, 1.807) is 34.9 Å². The second-order valence-corrected chi connectivity index (χ2v) is 5.05. The molecule has 1 amide bonds. The number of hydrogen-bond donors (Lipinski definition) is 2. The normalized spacial score (nSPS) is 10.7. The molecule has 0 fully saturated rings. The van der Waals surface area contributed by atoms with Crippen LogP contribution in [0.5, 0.6) is 0 Å². The lowest BCUT2D eigenvalue weighted by molar-refractivity contribution is 0.0696. The minimum Gasteiger partial charge on any atom is -0.478 e. The summed E-state index contributed by atoms with van der Waals surface area (Å²) >= 11 is 0. The van der Waals surface area contributed by atoms with Crippen molar-refractivity contribution in [3.8, 4) is 0 Å². The monoisotopic (exact) mass is 310 g/mol. The third-order valence-corrected chi connectivity index (χ3v) is 3.50. The quantitative estimate of drug-likeness (QED) is 0.764. The molecule has 0 bridgehead atoms. The molecule has 1 aromatic carbocycles. The molecule has 0 unspecified atom stereocenters. The van der Waals surface area contributed by atoms with E-state index in [4.69, 9.17) is 5.11 Å². The largest absolute Gasteiger partial charge is 0.478 e. The van der Waals surface area contributed by atoms with Crippen LogP contribution in [0.3, 0.4) is 0 Å². The molecule has 7 heteroatoms. The number of carbonyl (C=O) groups is 2. The van der Waals surface area contributed by atoms with Gasteiger partial charge in [-0.2, -0.15) is 0 Å². The number of aromatic carboxylic acids is 1. The van der Waals surface area contributed by atoms with Crippen LogP contribution < -0.4 is 5.32 Å². The molecule has 2 heterocycles. The number of aromatic nitrogens is 3. The van der Waals surface area contributed by atoms with Crippen LogP contribution in [0.25, 0.3) is 5.65 Å². The molecule has 7 nitrogen and oxygen atoms in total. The average molecular weight is 310 g/mol. The maximum absolute atomic E-state index is 12.3. The van der Waals surface area contributed by atoms with Gasteiger partial charge in [0, 0.05) is 12.7 Å². The van der Waals surface area contributed by atoms with Gasteiger partial charge >= 0.3 is 5.97 Å². The first-order valence-electron chi connectivity index (χ1n) is 6.97. The first-order chi connectivity index (χ1) is 11.1. The van der Waals surface area contributed by atoms with Crippen LogP contribution >= 0.6 is 0 Å². The summed E-state index contributed by atoms with van der Waals surface area (Å²) in [5.74, 6) is -0.529. The second-order valence-electron chi connectivity index (χ2n) is 5.05. The summed E-state index contributed by atoms with van der Waals surface area (Å²) in [5, 5.41) is 19.6. The summed E-state index contributed by atoms with van der Waals surface area (Å²) in [5.41, 5.74) is 1.97. The van der Waals surface area contributed by atoms with Gasteiger partial charge in [0.2, 0.25) is 0 Å². The van der Waals surface area contributed by atoms with Gasteiger partial charge in [0.15, 0.2) is 5.65 Å². The molecule has 0 saturated carbocycles. The van der Waals surface area contributed by atoms with Crippen LogP contribution in [0.15, 0.2) is 42.6 Å². The van der Waals surface area contributed by atoms with E-state index in [0.717, 1.165) is 5.56 Å². The van der Waals surface area contributed by atoms with Crippen molar-refractivity contribution in [2.45, 2.75) is 13.5 Å². The fourth-order valence-electron chi connectivity index (χ4n) is 2.25. The summed E-state index contributed by atoms with van der Waals surface area (Å²) in [6.07, 6.45) is 1.80. The Morgan fingerprint density at radius 2 is 1.91 bits per heavy atom. The molecule has 0 aliphatic heterocycles. The molecule has 23 heavy (non-hydrogen) atoms. The second kappa shape index (κ2) is 5.88. The number of aryl methyl sites for hydroxylation is 1. The van der Waals surface area contributed by atoms with E-state index < -0.39 is 5.97 Å². The van der Waals surface area contributed by atoms with Gasteiger partial charge in [-0.3, -0.25) is 9.20 Å². The van der Waals surface area contributed by atoms with E-state index >= 15 is 0 Å². The third-order valence-electron chi connectivity index (χ3n) is 3.50. The molecule has 0 aliphatic carbocycles. The van der Waals surface area contributed by atoms with Crippen LogP contribution in [-0.2, 0) is 6.54 Å². The van der Waals surface area contributed by atoms with E-state index in [1.165, 1.54) is 12.1 Å². The van der Waals surface area contributed by atoms with Gasteiger partial charge in [-0.05, 0) is 36.8 Å². The van der Waals surface area contributed by atoms with Gasteiger partial charge in [0.25, 0.3) is 5.91 Å². The van der Waals surface area contributed by atoms with Crippen molar-refractivity contribution < 1.29 is 14.7 Å². The summed E-state index contributed by atoms with van der Waals surface area (Å²) in [6.45, 7) is 2.11. The Labute approximate surface area is 131 Å². The number of carboxylic acid groups (broad SMARTS) is 1. The predicted molar refractivity (Wildman–Crippen MR) is 82.3 cm³/mol. The van der Waals surface area contributed by atoms with Crippen molar-refractivity contribution in [2.75, 3.05) is 0 Å². The van der Waals surface area contributed by atoms with Gasteiger partial charge in [-0.15, -0.1) is 10.2 Å². The molecule has 2 aromatic heterocycles. The Hall–Kier alpha value is -3.22. The molecular formula is C16H14N4O3. The fraction of sp³-hybridized carbons (Fsp3) is 0.125. The standard InChI is InChI=1S/C16H14N4O3/c1-10-18-19-14-13(3-2-8-20(10)14)15(21)17-9-11-4-6-12(7-5-11)16(22)23/h2-8H,9H2,1H3,(H,17,21)(H,22,23). The number of nitrogens with zero attached hydrogens (tertiary/aromatic N) is 3. The van der Waals surface area contributed by atoms with Crippen LogP contribution in [0.1, 0.15) is 32.1 Å². The molecular weight excluding hydrogens is 296 g/mol. The zero-order valence-electron chi connectivity index (χ0n) is 12.4. The van der Waals surface area contributed by atoms with Crippen molar-refractivity contribution in [3.63, 3.8) is 0 Å². The molecule has 116 valence electrons. The number of benzene rings is 1. The molecule has 3 aromatic rings. The lowest BCUT2D eigenvalue weighted by Crippen LogP contribution is -2.23. The summed E-state index contributed by atoms with van der Waals surface area (Å²) in [4.78, 5) is 23.1. The number of carboxylic acids is 1. The van der Waals surface area contributed by atoms with E-state index in [9.17, 15) is 9.59 Å². The van der Waals surface area contributed by atoms with Crippen molar-refractivity contribution >= 4 is 17.5 Å². The SMILES string of the molecule is Cc1nnc2c(C(=O)NCc3ccc(C(=O)O)cc3)cccn12. The zero-order chi connectivity index (χ0) is 16.4. The predicted octanol–water partition coefficient (Wildman–Crippen LogP) is 1.67. The number of nitrogens with one attached hydrogen (secondary N) is 1. The fourth-order valence-corrected chi connectivity index (χ4v) is 2.25. The highest BCUT2D eigenvalue weighted by molar-refractivity contribution is 5.99. The highest BCUT2D eigenvalue weighted by Crippen LogP contribution is 2.10. The minimum absolute atomic E-state index is 0.212. The van der Waals surface area contributed by atoms with Crippen molar-refractivity contribution in [1.29, 1.82) is 0 Å². The smallest absolute Gasteiger partial charge is 0.335 e. The summed E-state index contributed by atoms with van der Waals surface area (Å²) in [7, 11) is 0. The van der Waals surface area contributed by atoms with Crippen LogP contribution in [0, 0.1) is 6.92 Å². The Morgan fingerprint density at radius 3 is 2.61 bits per heavy atom. The van der Waals surface area contributed by atoms with Crippen LogP contribution in [0.4, 0.5) is 0 Å². The molecule has 0 aliphatic rings. The van der Waals surface area contributed by atoms with Crippen LogP contribution in [-0.4, -0.2) is 31.6 Å². The highest BCUT2D eigenvalue weighted by atomic mass is 16.4. The maximum atomic E-state index is 12.3. The molecule has 0 radical (unpaired) electrons. The van der Waals surface area contributed by atoms with E-state index in [-0.39, 0.29) is 11.5 Å². The number of amides is 1. The maximum Gasteiger partial charge on any atom is 0.335 e. The van der Waals surface area contributed by atoms with Gasteiger partial charge in [-0.25, -0.2) is 4.79 Å². The molecule has 0 saturated heterocycles.